The maximum absolute atomic E-state index is 13.1. The fraction of sp³-hybridized carbons (Fsp3) is 0.214. The number of anilines is 1. The number of hydrogen-bond donors (Lipinski definition) is 0. The van der Waals surface area contributed by atoms with Gasteiger partial charge in [0.15, 0.2) is 5.65 Å². The van der Waals surface area contributed by atoms with Gasteiger partial charge in [0.1, 0.15) is 5.82 Å². The summed E-state index contributed by atoms with van der Waals surface area (Å²) >= 11 is 6.32. The van der Waals surface area contributed by atoms with Crippen LogP contribution in [0.4, 0.5) is 5.95 Å². The Bertz CT molecular complexity index is 1550. The number of carbonyl (C=O) groups excluding carboxylic acids is 1. The average Bonchev–Trinajstić information content (AvgIpc) is 3.32. The van der Waals surface area contributed by atoms with Gasteiger partial charge >= 0.3 is 0 Å². The van der Waals surface area contributed by atoms with E-state index in [0.717, 1.165) is 33.9 Å². The van der Waals surface area contributed by atoms with Crippen molar-refractivity contribution in [3.8, 4) is 0 Å². The van der Waals surface area contributed by atoms with Crippen LogP contribution in [-0.4, -0.2) is 56.1 Å². The Kier molecular flexibility index (Phi) is 5.77. The first kappa shape index (κ1) is 22.5. The summed E-state index contributed by atoms with van der Waals surface area (Å²) in [6.45, 7) is 3.98. The van der Waals surface area contributed by atoms with E-state index in [-0.39, 0.29) is 11.9 Å². The van der Waals surface area contributed by atoms with Gasteiger partial charge in [-0.2, -0.15) is 0 Å². The van der Waals surface area contributed by atoms with Crippen LogP contribution >= 0.6 is 11.6 Å². The summed E-state index contributed by atoms with van der Waals surface area (Å²) < 4.78 is 2.06. The van der Waals surface area contributed by atoms with E-state index in [1.807, 2.05) is 71.6 Å². The fourth-order valence-corrected chi connectivity index (χ4v) is 5.10. The molecule has 0 spiro atoms. The fourth-order valence-electron chi connectivity index (χ4n) is 4.94. The summed E-state index contributed by atoms with van der Waals surface area (Å²) in [4.78, 5) is 22.4. The van der Waals surface area contributed by atoms with Crippen molar-refractivity contribution in [3.05, 3.63) is 101 Å². The molecule has 3 aromatic carbocycles. The molecule has 1 amide bonds. The zero-order valence-corrected chi connectivity index (χ0v) is 20.6. The third-order valence-corrected chi connectivity index (χ3v) is 6.98. The predicted molar refractivity (Wildman–Crippen MR) is 142 cm³/mol. The second kappa shape index (κ2) is 9.24. The van der Waals surface area contributed by atoms with Crippen LogP contribution in [0, 0.1) is 0 Å². The molecule has 0 bridgehead atoms. The molecule has 2 aromatic heterocycles. The summed E-state index contributed by atoms with van der Waals surface area (Å²) in [6.07, 6.45) is 0.637. The molecule has 0 N–H and O–H groups in total. The van der Waals surface area contributed by atoms with Crippen LogP contribution in [0.2, 0.25) is 5.02 Å². The molecule has 3 heterocycles. The zero-order chi connectivity index (χ0) is 24.6. The minimum atomic E-state index is 0.00687. The lowest BCUT2D eigenvalue weighted by molar-refractivity contribution is 0.0673. The molecule has 36 heavy (non-hydrogen) atoms. The first-order chi connectivity index (χ1) is 17.6. The van der Waals surface area contributed by atoms with Crippen LogP contribution in [0.1, 0.15) is 28.7 Å². The van der Waals surface area contributed by atoms with Gasteiger partial charge in [-0.1, -0.05) is 60.1 Å². The van der Waals surface area contributed by atoms with Crippen LogP contribution < -0.4 is 4.90 Å². The first-order valence-electron chi connectivity index (χ1n) is 12.1. The van der Waals surface area contributed by atoms with Gasteiger partial charge in [0, 0.05) is 48.1 Å². The highest BCUT2D eigenvalue weighted by Gasteiger charge is 2.30. The highest BCUT2D eigenvalue weighted by Crippen LogP contribution is 2.28. The lowest BCUT2D eigenvalue weighted by Gasteiger charge is -2.40. The molecule has 1 atom stereocenters. The minimum Gasteiger partial charge on any atom is -0.338 e. The molecule has 0 aliphatic carbocycles. The van der Waals surface area contributed by atoms with E-state index in [2.05, 4.69) is 38.6 Å². The standard InChI is InChI=1S/C28H25ClN6O/c1-19-18-33(14-15-34(19)27(36)21-10-6-3-7-11-21)28-30-24-17-22(29)12-13-23(24)26-32-31-25(35(26)28)16-20-8-4-2-5-9-20/h2-13,17,19H,14-16,18H2,1H3/t19-/m1/s1. The topological polar surface area (TPSA) is 66.6 Å². The van der Waals surface area contributed by atoms with E-state index < -0.39 is 0 Å². The van der Waals surface area contributed by atoms with Crippen molar-refractivity contribution in [3.63, 3.8) is 0 Å². The Morgan fingerprint density at radius 2 is 1.72 bits per heavy atom. The number of benzene rings is 3. The predicted octanol–water partition coefficient (Wildman–Crippen LogP) is 4.87. The Hall–Kier alpha value is -3.97. The summed E-state index contributed by atoms with van der Waals surface area (Å²) in [5, 5.41) is 10.7. The lowest BCUT2D eigenvalue weighted by atomic mass is 10.1. The molecule has 180 valence electrons. The van der Waals surface area contributed by atoms with Crippen molar-refractivity contribution < 1.29 is 4.79 Å². The van der Waals surface area contributed by atoms with Crippen LogP contribution in [0.5, 0.6) is 0 Å². The van der Waals surface area contributed by atoms with Crippen molar-refractivity contribution in [1.82, 2.24) is 24.5 Å². The number of amides is 1. The lowest BCUT2D eigenvalue weighted by Crippen LogP contribution is -2.54. The number of hydrogen-bond acceptors (Lipinski definition) is 5. The number of piperazine rings is 1. The third kappa shape index (κ3) is 4.05. The molecular weight excluding hydrogens is 472 g/mol. The highest BCUT2D eigenvalue weighted by atomic mass is 35.5. The maximum atomic E-state index is 13.1. The average molecular weight is 497 g/mol. The molecule has 7 nitrogen and oxygen atoms in total. The Morgan fingerprint density at radius 3 is 2.47 bits per heavy atom. The van der Waals surface area contributed by atoms with Gasteiger partial charge < -0.3 is 9.80 Å². The van der Waals surface area contributed by atoms with Crippen LogP contribution in [0.25, 0.3) is 16.6 Å². The van der Waals surface area contributed by atoms with E-state index in [1.165, 1.54) is 0 Å². The van der Waals surface area contributed by atoms with Crippen molar-refractivity contribution in [2.45, 2.75) is 19.4 Å². The smallest absolute Gasteiger partial charge is 0.254 e. The van der Waals surface area contributed by atoms with Crippen molar-refractivity contribution >= 4 is 40.0 Å². The van der Waals surface area contributed by atoms with E-state index in [0.29, 0.717) is 36.6 Å². The third-order valence-electron chi connectivity index (χ3n) is 6.75. The number of nitrogens with zero attached hydrogens (tertiary/aromatic N) is 6. The molecule has 1 aliphatic heterocycles. The summed E-state index contributed by atoms with van der Waals surface area (Å²) in [5.74, 6) is 1.65. The van der Waals surface area contributed by atoms with Gasteiger partial charge in [0.2, 0.25) is 5.95 Å². The second-order valence-corrected chi connectivity index (χ2v) is 9.61. The monoisotopic (exact) mass is 496 g/mol. The number of halogens is 1. The minimum absolute atomic E-state index is 0.00687. The Morgan fingerprint density at radius 1 is 0.972 bits per heavy atom. The van der Waals surface area contributed by atoms with Crippen molar-refractivity contribution in [1.29, 1.82) is 0 Å². The van der Waals surface area contributed by atoms with Gasteiger partial charge in [0.05, 0.1) is 5.52 Å². The van der Waals surface area contributed by atoms with Crippen molar-refractivity contribution in [2.24, 2.45) is 0 Å². The Balaban J connectivity index is 1.40. The van der Waals surface area contributed by atoms with E-state index >= 15 is 0 Å². The molecule has 0 saturated carbocycles. The molecule has 0 unspecified atom stereocenters. The maximum Gasteiger partial charge on any atom is 0.254 e. The largest absolute Gasteiger partial charge is 0.338 e. The summed E-state index contributed by atoms with van der Waals surface area (Å²) in [5.41, 5.74) is 3.40. The molecular formula is C28H25ClN6O. The van der Waals surface area contributed by atoms with E-state index in [9.17, 15) is 4.79 Å². The number of rotatable bonds is 4. The summed E-state index contributed by atoms with van der Waals surface area (Å²) in [7, 11) is 0. The molecule has 8 heteroatoms. The summed E-state index contributed by atoms with van der Waals surface area (Å²) in [6, 6.07) is 25.4. The van der Waals surface area contributed by atoms with Crippen LogP contribution in [-0.2, 0) is 6.42 Å². The molecule has 6 rings (SSSR count). The molecule has 0 radical (unpaired) electrons. The zero-order valence-electron chi connectivity index (χ0n) is 19.9. The molecule has 5 aromatic rings. The quantitative estimate of drug-likeness (QED) is 0.355. The van der Waals surface area contributed by atoms with Crippen LogP contribution in [0.15, 0.2) is 78.9 Å². The normalized spacial score (nSPS) is 16.1. The van der Waals surface area contributed by atoms with Gasteiger partial charge in [-0.3, -0.25) is 4.79 Å². The number of aromatic nitrogens is 4. The van der Waals surface area contributed by atoms with Gasteiger partial charge in [-0.25, -0.2) is 9.38 Å². The second-order valence-electron chi connectivity index (χ2n) is 9.17. The number of carbonyl (C=O) groups is 1. The van der Waals surface area contributed by atoms with E-state index in [1.54, 1.807) is 0 Å². The van der Waals surface area contributed by atoms with Gasteiger partial charge in [-0.15, -0.1) is 10.2 Å². The van der Waals surface area contributed by atoms with Gasteiger partial charge in [0.25, 0.3) is 5.91 Å². The highest BCUT2D eigenvalue weighted by molar-refractivity contribution is 6.31. The van der Waals surface area contributed by atoms with Crippen LogP contribution in [0.3, 0.4) is 0 Å². The molecule has 1 fully saturated rings. The SMILES string of the molecule is C[C@@H]1CN(c2nc3cc(Cl)ccc3c3nnc(Cc4ccccc4)n23)CCN1C(=O)c1ccccc1. The van der Waals surface area contributed by atoms with Gasteiger partial charge in [-0.05, 0) is 42.8 Å². The van der Waals surface area contributed by atoms with Crippen molar-refractivity contribution in [2.75, 3.05) is 24.5 Å². The number of fused-ring (bicyclic) bond motifs is 3. The first-order valence-corrected chi connectivity index (χ1v) is 12.4. The van der Waals surface area contributed by atoms with E-state index in [4.69, 9.17) is 16.6 Å². The molecule has 1 saturated heterocycles. The molecule has 1 aliphatic rings. The Labute approximate surface area is 214 Å².